The first kappa shape index (κ1) is 22.0. The van der Waals surface area contributed by atoms with Crippen molar-refractivity contribution in [1.82, 2.24) is 4.98 Å². The van der Waals surface area contributed by atoms with Crippen LogP contribution in [0.2, 0.25) is 5.02 Å². The highest BCUT2D eigenvalue weighted by atomic mass is 35.5. The molecule has 1 N–H and O–H groups in total. The Labute approximate surface area is 189 Å². The van der Waals surface area contributed by atoms with Gasteiger partial charge in [0.1, 0.15) is 24.0 Å². The van der Waals surface area contributed by atoms with Gasteiger partial charge in [0.05, 0.1) is 16.8 Å². The van der Waals surface area contributed by atoms with E-state index in [1.165, 1.54) is 18.2 Å². The first-order valence-electron chi connectivity index (χ1n) is 10.1. The number of halogens is 3. The van der Waals surface area contributed by atoms with Crippen LogP contribution in [0.4, 0.5) is 8.78 Å². The number of pyridine rings is 1. The number of hydrogen-bond donors (Lipinski definition) is 1. The fraction of sp³-hybridized carbons (Fsp3) is 0.200. The molecule has 0 saturated heterocycles. The predicted octanol–water partition coefficient (Wildman–Crippen LogP) is 6.69. The minimum atomic E-state index is -1.03. The van der Waals surface area contributed by atoms with Gasteiger partial charge < -0.3 is 9.84 Å². The summed E-state index contributed by atoms with van der Waals surface area (Å²) in [5.41, 5.74) is 3.82. The molecule has 7 heteroatoms. The molecule has 0 bridgehead atoms. The monoisotopic (exact) mass is 455 g/mol. The first-order valence-corrected chi connectivity index (χ1v) is 10.5. The molecule has 164 valence electrons. The number of aryl methyl sites for hydroxylation is 1. The zero-order valence-corrected chi connectivity index (χ0v) is 18.0. The molecule has 0 radical (unpaired) electrons. The minimum Gasteiger partial charge on any atom is -0.488 e. The van der Waals surface area contributed by atoms with E-state index in [0.717, 1.165) is 41.5 Å². The largest absolute Gasteiger partial charge is 0.488 e. The van der Waals surface area contributed by atoms with Crippen LogP contribution in [0.15, 0.2) is 48.7 Å². The average molecular weight is 456 g/mol. The summed E-state index contributed by atoms with van der Waals surface area (Å²) in [6.45, 7) is 1.38. The minimum absolute atomic E-state index is 0.150. The summed E-state index contributed by atoms with van der Waals surface area (Å²) < 4.78 is 33.9. The molecule has 2 aromatic carbocycles. The number of aromatic carboxylic acids is 1. The zero-order chi connectivity index (χ0) is 22.8. The van der Waals surface area contributed by atoms with E-state index in [9.17, 15) is 18.7 Å². The number of nitrogens with zero attached hydrogens (tertiary/aromatic N) is 1. The van der Waals surface area contributed by atoms with Gasteiger partial charge in [-0.25, -0.2) is 13.6 Å². The molecular formula is C25H20ClF2NO3. The third-order valence-electron chi connectivity index (χ3n) is 5.58. The number of carbonyl (C=O) groups is 1. The Morgan fingerprint density at radius 1 is 1.12 bits per heavy atom. The van der Waals surface area contributed by atoms with E-state index >= 15 is 0 Å². The molecule has 3 aromatic rings. The number of rotatable bonds is 6. The lowest BCUT2D eigenvalue weighted by molar-refractivity contribution is 0.0695. The van der Waals surface area contributed by atoms with E-state index in [1.807, 2.05) is 0 Å². The van der Waals surface area contributed by atoms with Crippen LogP contribution in [-0.4, -0.2) is 16.1 Å². The van der Waals surface area contributed by atoms with E-state index in [2.05, 4.69) is 4.98 Å². The van der Waals surface area contributed by atoms with Crippen LogP contribution < -0.4 is 4.74 Å². The van der Waals surface area contributed by atoms with E-state index < -0.39 is 17.6 Å². The highest BCUT2D eigenvalue weighted by Crippen LogP contribution is 2.43. The number of carboxylic acids is 1. The Hall–Kier alpha value is -3.25. The summed E-state index contributed by atoms with van der Waals surface area (Å²) in [5.74, 6) is -1.93. The van der Waals surface area contributed by atoms with E-state index in [0.29, 0.717) is 16.5 Å². The third-order valence-corrected chi connectivity index (χ3v) is 5.82. The van der Waals surface area contributed by atoms with Crippen LogP contribution in [0.3, 0.4) is 0 Å². The topological polar surface area (TPSA) is 59.4 Å². The maximum atomic E-state index is 14.0. The van der Waals surface area contributed by atoms with Crippen molar-refractivity contribution in [2.24, 2.45) is 0 Å². The molecule has 1 heterocycles. The number of benzene rings is 2. The van der Waals surface area contributed by atoms with Crippen molar-refractivity contribution in [1.29, 1.82) is 0 Å². The van der Waals surface area contributed by atoms with E-state index in [1.54, 1.807) is 37.4 Å². The Morgan fingerprint density at radius 3 is 2.56 bits per heavy atom. The van der Waals surface area contributed by atoms with Crippen LogP contribution in [0.25, 0.3) is 11.1 Å². The van der Waals surface area contributed by atoms with Crippen LogP contribution in [0, 0.1) is 18.6 Å². The lowest BCUT2D eigenvalue weighted by Gasteiger charge is -2.16. The highest BCUT2D eigenvalue weighted by molar-refractivity contribution is 6.30. The maximum Gasteiger partial charge on any atom is 0.337 e. The summed E-state index contributed by atoms with van der Waals surface area (Å²) in [6.07, 6.45) is 4.01. The molecule has 0 unspecified atom stereocenters. The van der Waals surface area contributed by atoms with Gasteiger partial charge in [-0.15, -0.1) is 0 Å². The molecule has 32 heavy (non-hydrogen) atoms. The second-order valence-electron chi connectivity index (χ2n) is 7.60. The smallest absolute Gasteiger partial charge is 0.337 e. The van der Waals surface area contributed by atoms with Gasteiger partial charge in [-0.2, -0.15) is 0 Å². The van der Waals surface area contributed by atoms with Crippen molar-refractivity contribution >= 4 is 28.7 Å². The molecule has 1 aromatic heterocycles. The van der Waals surface area contributed by atoms with Crippen LogP contribution in [-0.2, 0) is 6.61 Å². The van der Waals surface area contributed by atoms with Crippen molar-refractivity contribution in [3.8, 4) is 5.75 Å². The fourth-order valence-electron chi connectivity index (χ4n) is 3.96. The fourth-order valence-corrected chi connectivity index (χ4v) is 4.13. The molecule has 1 aliphatic carbocycles. The van der Waals surface area contributed by atoms with Gasteiger partial charge in [0.15, 0.2) is 0 Å². The number of allylic oxidation sites excluding steroid dienone is 2. The molecule has 0 atom stereocenters. The molecule has 4 rings (SSSR count). The van der Waals surface area contributed by atoms with Crippen molar-refractivity contribution in [3.63, 3.8) is 0 Å². The molecule has 0 saturated carbocycles. The Bertz CT molecular complexity index is 1220. The third kappa shape index (κ3) is 4.36. The van der Waals surface area contributed by atoms with Crippen molar-refractivity contribution < 1.29 is 23.4 Å². The number of carboxylic acid groups (broad SMARTS) is 1. The quantitative estimate of drug-likeness (QED) is 0.449. The summed E-state index contributed by atoms with van der Waals surface area (Å²) >= 11 is 6.26. The van der Waals surface area contributed by atoms with Crippen LogP contribution in [0.1, 0.15) is 52.0 Å². The molecular weight excluding hydrogens is 436 g/mol. The Balaban J connectivity index is 1.75. The van der Waals surface area contributed by atoms with Crippen LogP contribution in [0.5, 0.6) is 5.75 Å². The average Bonchev–Trinajstić information content (AvgIpc) is 3.24. The van der Waals surface area contributed by atoms with Gasteiger partial charge in [-0.05, 0) is 79.3 Å². The van der Waals surface area contributed by atoms with Crippen LogP contribution >= 0.6 is 11.6 Å². The number of aromatic nitrogens is 1. The van der Waals surface area contributed by atoms with Gasteiger partial charge in [0.25, 0.3) is 0 Å². The standard InChI is InChI=1S/C25H20ClF2NO3/c1-14-19(25(30)31)10-15(12-29-14)17-4-2-5-18(17)20-11-16(26)8-9-24(20)32-13-21-22(27)6-3-7-23(21)28/h3,6-12H,2,4-5,13H2,1H3,(H,30,31). The molecule has 0 spiro atoms. The number of hydrogen-bond acceptors (Lipinski definition) is 3. The van der Waals surface area contributed by atoms with Crippen molar-refractivity contribution in [2.75, 3.05) is 0 Å². The van der Waals surface area contributed by atoms with Crippen molar-refractivity contribution in [2.45, 2.75) is 32.8 Å². The summed E-state index contributed by atoms with van der Waals surface area (Å²) in [5, 5.41) is 9.96. The maximum absolute atomic E-state index is 14.0. The van der Waals surface area contributed by atoms with Gasteiger partial charge >= 0.3 is 5.97 Å². The van der Waals surface area contributed by atoms with E-state index in [-0.39, 0.29) is 17.7 Å². The highest BCUT2D eigenvalue weighted by Gasteiger charge is 2.23. The summed E-state index contributed by atoms with van der Waals surface area (Å²) in [7, 11) is 0. The second-order valence-corrected chi connectivity index (χ2v) is 8.04. The lowest BCUT2D eigenvalue weighted by atomic mass is 9.96. The zero-order valence-electron chi connectivity index (χ0n) is 17.3. The molecule has 0 aliphatic heterocycles. The Morgan fingerprint density at radius 2 is 1.84 bits per heavy atom. The second kappa shape index (κ2) is 9.09. The first-order chi connectivity index (χ1) is 15.3. The van der Waals surface area contributed by atoms with Gasteiger partial charge in [0.2, 0.25) is 0 Å². The lowest BCUT2D eigenvalue weighted by Crippen LogP contribution is -2.04. The normalized spacial score (nSPS) is 13.5. The predicted molar refractivity (Wildman–Crippen MR) is 119 cm³/mol. The number of ether oxygens (including phenoxy) is 1. The van der Waals surface area contributed by atoms with E-state index in [4.69, 9.17) is 16.3 Å². The SMILES string of the molecule is Cc1ncc(C2=C(c3cc(Cl)ccc3OCc3c(F)cccc3F)CCC2)cc1C(=O)O. The molecule has 0 amide bonds. The van der Waals surface area contributed by atoms with Crippen molar-refractivity contribution in [3.05, 3.63) is 93.3 Å². The Kier molecular flexibility index (Phi) is 6.24. The summed E-state index contributed by atoms with van der Waals surface area (Å²) in [4.78, 5) is 15.8. The molecule has 1 aliphatic rings. The molecule has 0 fully saturated rings. The van der Waals surface area contributed by atoms with Gasteiger partial charge in [-0.1, -0.05) is 17.7 Å². The van der Waals surface area contributed by atoms with Gasteiger partial charge in [0, 0.05) is 16.8 Å². The van der Waals surface area contributed by atoms with Gasteiger partial charge in [-0.3, -0.25) is 4.98 Å². The summed E-state index contributed by atoms with van der Waals surface area (Å²) in [6, 6.07) is 10.4. The molecule has 4 nitrogen and oxygen atoms in total.